The SMILES string of the molecule is NCCCC(=O)Nc1cc(Cl)ccn1. The summed E-state index contributed by atoms with van der Waals surface area (Å²) in [4.78, 5) is 15.2. The molecule has 0 fully saturated rings. The van der Waals surface area contributed by atoms with Gasteiger partial charge in [0.25, 0.3) is 0 Å². The minimum absolute atomic E-state index is 0.0924. The number of halogens is 1. The van der Waals surface area contributed by atoms with Crippen LogP contribution in [0.2, 0.25) is 5.02 Å². The largest absolute Gasteiger partial charge is 0.330 e. The van der Waals surface area contributed by atoms with Crippen LogP contribution in [-0.4, -0.2) is 17.4 Å². The lowest BCUT2D eigenvalue weighted by molar-refractivity contribution is -0.116. The molecule has 0 atom stereocenters. The summed E-state index contributed by atoms with van der Waals surface area (Å²) >= 11 is 5.72. The predicted molar refractivity (Wildman–Crippen MR) is 56.2 cm³/mol. The summed E-state index contributed by atoms with van der Waals surface area (Å²) in [6.45, 7) is 0.510. The Bertz CT molecular complexity index is 317. The summed E-state index contributed by atoms with van der Waals surface area (Å²) in [5, 5.41) is 3.18. The highest BCUT2D eigenvalue weighted by molar-refractivity contribution is 6.30. The van der Waals surface area contributed by atoms with Gasteiger partial charge in [-0.05, 0) is 25.1 Å². The summed E-state index contributed by atoms with van der Waals surface area (Å²) in [6.07, 6.45) is 2.62. The van der Waals surface area contributed by atoms with Gasteiger partial charge in [0.05, 0.1) is 0 Å². The Morgan fingerprint density at radius 1 is 1.64 bits per heavy atom. The molecule has 1 aromatic heterocycles. The van der Waals surface area contributed by atoms with E-state index in [1.54, 1.807) is 18.3 Å². The molecular weight excluding hydrogens is 202 g/mol. The van der Waals surface area contributed by atoms with Gasteiger partial charge in [-0.3, -0.25) is 4.79 Å². The highest BCUT2D eigenvalue weighted by atomic mass is 35.5. The molecule has 14 heavy (non-hydrogen) atoms. The van der Waals surface area contributed by atoms with Crippen LogP contribution in [-0.2, 0) is 4.79 Å². The Morgan fingerprint density at radius 3 is 3.07 bits per heavy atom. The fourth-order valence-corrected chi connectivity index (χ4v) is 1.10. The van der Waals surface area contributed by atoms with Crippen molar-refractivity contribution in [3.8, 4) is 0 Å². The average Bonchev–Trinajstić information content (AvgIpc) is 2.15. The third kappa shape index (κ3) is 3.72. The van der Waals surface area contributed by atoms with Gasteiger partial charge in [0.2, 0.25) is 5.91 Å². The van der Waals surface area contributed by atoms with Crippen molar-refractivity contribution >= 4 is 23.3 Å². The van der Waals surface area contributed by atoms with Crippen LogP contribution in [0.5, 0.6) is 0 Å². The summed E-state index contributed by atoms with van der Waals surface area (Å²) < 4.78 is 0. The molecule has 0 spiro atoms. The maximum atomic E-state index is 11.2. The number of hydrogen-bond donors (Lipinski definition) is 2. The first-order chi connectivity index (χ1) is 6.72. The molecule has 1 heterocycles. The van der Waals surface area contributed by atoms with E-state index in [1.807, 2.05) is 0 Å². The van der Waals surface area contributed by atoms with Gasteiger partial charge >= 0.3 is 0 Å². The van der Waals surface area contributed by atoms with E-state index in [2.05, 4.69) is 10.3 Å². The summed E-state index contributed by atoms with van der Waals surface area (Å²) in [5.41, 5.74) is 5.28. The fraction of sp³-hybridized carbons (Fsp3) is 0.333. The second kappa shape index (κ2) is 5.57. The lowest BCUT2D eigenvalue weighted by Crippen LogP contribution is -2.14. The van der Waals surface area contributed by atoms with Gasteiger partial charge in [-0.25, -0.2) is 4.98 Å². The highest BCUT2D eigenvalue weighted by Crippen LogP contribution is 2.11. The third-order valence-corrected chi connectivity index (χ3v) is 1.83. The number of carbonyl (C=O) groups excluding carboxylic acids is 1. The van der Waals surface area contributed by atoms with Crippen molar-refractivity contribution in [3.63, 3.8) is 0 Å². The van der Waals surface area contributed by atoms with Crippen LogP contribution in [0.1, 0.15) is 12.8 Å². The first-order valence-corrected chi connectivity index (χ1v) is 4.71. The molecule has 1 amide bonds. The molecular formula is C9H12ClN3O. The third-order valence-electron chi connectivity index (χ3n) is 1.60. The Balaban J connectivity index is 2.47. The van der Waals surface area contributed by atoms with Crippen LogP contribution >= 0.6 is 11.6 Å². The number of nitrogens with one attached hydrogen (secondary N) is 1. The molecule has 3 N–H and O–H groups in total. The smallest absolute Gasteiger partial charge is 0.225 e. The Morgan fingerprint density at radius 2 is 2.43 bits per heavy atom. The topological polar surface area (TPSA) is 68.0 Å². The number of carbonyl (C=O) groups is 1. The van der Waals surface area contributed by atoms with Gasteiger partial charge < -0.3 is 11.1 Å². The molecule has 0 unspecified atom stereocenters. The minimum atomic E-state index is -0.0924. The highest BCUT2D eigenvalue weighted by Gasteiger charge is 2.02. The van der Waals surface area contributed by atoms with Gasteiger partial charge in [0.1, 0.15) is 5.82 Å². The van der Waals surface area contributed by atoms with Gasteiger partial charge in [-0.15, -0.1) is 0 Å². The maximum Gasteiger partial charge on any atom is 0.225 e. The number of anilines is 1. The number of hydrogen-bond acceptors (Lipinski definition) is 3. The molecule has 0 bridgehead atoms. The van der Waals surface area contributed by atoms with E-state index in [9.17, 15) is 4.79 Å². The van der Waals surface area contributed by atoms with E-state index < -0.39 is 0 Å². The van der Waals surface area contributed by atoms with E-state index >= 15 is 0 Å². The van der Waals surface area contributed by atoms with Crippen molar-refractivity contribution in [3.05, 3.63) is 23.4 Å². The Kier molecular flexibility index (Phi) is 4.35. The summed E-state index contributed by atoms with van der Waals surface area (Å²) in [5.74, 6) is 0.379. The lowest BCUT2D eigenvalue weighted by Gasteiger charge is -2.03. The molecule has 1 aromatic rings. The van der Waals surface area contributed by atoms with Crippen LogP contribution < -0.4 is 11.1 Å². The number of amides is 1. The van der Waals surface area contributed by atoms with Crippen molar-refractivity contribution in [1.29, 1.82) is 0 Å². The number of nitrogens with two attached hydrogens (primary N) is 1. The maximum absolute atomic E-state index is 11.2. The van der Waals surface area contributed by atoms with Crippen molar-refractivity contribution in [2.45, 2.75) is 12.8 Å². The summed E-state index contributed by atoms with van der Waals surface area (Å²) in [7, 11) is 0. The van der Waals surface area contributed by atoms with Crippen molar-refractivity contribution < 1.29 is 4.79 Å². The molecule has 76 valence electrons. The average molecular weight is 214 g/mol. The van der Waals surface area contributed by atoms with Gasteiger partial charge in [-0.1, -0.05) is 11.6 Å². The zero-order valence-electron chi connectivity index (χ0n) is 7.66. The van der Waals surface area contributed by atoms with Crippen LogP contribution in [0.3, 0.4) is 0 Å². The molecule has 0 saturated heterocycles. The fourth-order valence-electron chi connectivity index (χ4n) is 0.941. The van der Waals surface area contributed by atoms with E-state index in [-0.39, 0.29) is 5.91 Å². The molecule has 4 nitrogen and oxygen atoms in total. The Labute approximate surface area is 87.5 Å². The number of nitrogens with zero attached hydrogens (tertiary/aromatic N) is 1. The van der Waals surface area contributed by atoms with Gasteiger partial charge in [0, 0.05) is 17.6 Å². The first kappa shape index (κ1) is 10.9. The van der Waals surface area contributed by atoms with Gasteiger partial charge in [0.15, 0.2) is 0 Å². The lowest BCUT2D eigenvalue weighted by atomic mass is 10.3. The second-order valence-corrected chi connectivity index (χ2v) is 3.24. The number of pyridine rings is 1. The predicted octanol–water partition coefficient (Wildman–Crippen LogP) is 1.41. The van der Waals surface area contributed by atoms with Crippen LogP contribution in [0.25, 0.3) is 0 Å². The van der Waals surface area contributed by atoms with Crippen LogP contribution in [0.15, 0.2) is 18.3 Å². The molecule has 0 aliphatic carbocycles. The molecule has 0 aliphatic heterocycles. The molecule has 0 radical (unpaired) electrons. The van der Waals surface area contributed by atoms with Crippen molar-refractivity contribution in [1.82, 2.24) is 4.98 Å². The molecule has 0 aliphatic rings. The van der Waals surface area contributed by atoms with Gasteiger partial charge in [-0.2, -0.15) is 0 Å². The quantitative estimate of drug-likeness (QED) is 0.795. The van der Waals surface area contributed by atoms with E-state index in [1.165, 1.54) is 0 Å². The summed E-state index contributed by atoms with van der Waals surface area (Å²) in [6, 6.07) is 3.25. The first-order valence-electron chi connectivity index (χ1n) is 4.34. The zero-order valence-corrected chi connectivity index (χ0v) is 8.42. The number of aromatic nitrogens is 1. The standard InChI is InChI=1S/C9H12ClN3O/c10-7-3-5-12-8(6-7)13-9(14)2-1-4-11/h3,5-6H,1-2,4,11H2,(H,12,13,14). The minimum Gasteiger partial charge on any atom is -0.330 e. The number of rotatable bonds is 4. The zero-order chi connectivity index (χ0) is 10.4. The van der Waals surface area contributed by atoms with Crippen LogP contribution in [0, 0.1) is 0 Å². The monoisotopic (exact) mass is 213 g/mol. The molecule has 0 aromatic carbocycles. The van der Waals surface area contributed by atoms with Crippen molar-refractivity contribution in [2.24, 2.45) is 5.73 Å². The molecule has 1 rings (SSSR count). The second-order valence-electron chi connectivity index (χ2n) is 2.80. The van der Waals surface area contributed by atoms with E-state index in [0.29, 0.717) is 30.2 Å². The molecule has 5 heteroatoms. The van der Waals surface area contributed by atoms with E-state index in [0.717, 1.165) is 0 Å². The molecule has 0 saturated carbocycles. The normalized spacial score (nSPS) is 9.86. The van der Waals surface area contributed by atoms with Crippen LogP contribution in [0.4, 0.5) is 5.82 Å². The van der Waals surface area contributed by atoms with E-state index in [4.69, 9.17) is 17.3 Å². The Hall–Kier alpha value is -1.13. The van der Waals surface area contributed by atoms with Crippen molar-refractivity contribution in [2.75, 3.05) is 11.9 Å².